The molecule has 0 radical (unpaired) electrons. The van der Waals surface area contributed by atoms with E-state index < -0.39 is 0 Å². The lowest BCUT2D eigenvalue weighted by atomic mass is 10.0. The fourth-order valence-electron chi connectivity index (χ4n) is 2.53. The maximum Gasteiger partial charge on any atom is 0.185 e. The van der Waals surface area contributed by atoms with Crippen molar-refractivity contribution < 1.29 is 9.18 Å². The number of benzene rings is 1. The van der Waals surface area contributed by atoms with Gasteiger partial charge in [0.2, 0.25) is 0 Å². The molecule has 22 heavy (non-hydrogen) atoms. The summed E-state index contributed by atoms with van der Waals surface area (Å²) in [6.07, 6.45) is 0.699. The van der Waals surface area contributed by atoms with Crippen molar-refractivity contribution in [3.05, 3.63) is 47.2 Å². The second kappa shape index (κ2) is 5.29. The second-order valence-corrected chi connectivity index (χ2v) is 5.11. The van der Waals surface area contributed by atoms with Crippen molar-refractivity contribution >= 4 is 11.4 Å². The zero-order valence-electron chi connectivity index (χ0n) is 12.6. The minimum atomic E-state index is -0.292. The van der Waals surface area contributed by atoms with Crippen LogP contribution in [0.25, 0.3) is 16.8 Å². The average Bonchev–Trinajstić information content (AvgIpc) is 2.87. The number of aryl methyl sites for hydroxylation is 2. The minimum Gasteiger partial charge on any atom is -0.293 e. The van der Waals surface area contributed by atoms with Gasteiger partial charge < -0.3 is 0 Å². The predicted molar refractivity (Wildman–Crippen MR) is 80.3 cm³/mol. The quantitative estimate of drug-likeness (QED) is 0.697. The van der Waals surface area contributed by atoms with E-state index in [0.717, 1.165) is 16.8 Å². The molecule has 0 saturated heterocycles. The van der Waals surface area contributed by atoms with Gasteiger partial charge in [-0.15, -0.1) is 10.2 Å². The summed E-state index contributed by atoms with van der Waals surface area (Å²) >= 11 is 0. The summed E-state index contributed by atoms with van der Waals surface area (Å²) in [6.45, 7) is 5.23. The van der Waals surface area contributed by atoms with Crippen LogP contribution in [0.3, 0.4) is 0 Å². The van der Waals surface area contributed by atoms with Crippen LogP contribution in [-0.4, -0.2) is 25.6 Å². The van der Waals surface area contributed by atoms with Crippen LogP contribution in [-0.2, 0) is 6.42 Å². The molecule has 6 heteroatoms. The molecule has 2 heterocycles. The molecule has 0 atom stereocenters. The van der Waals surface area contributed by atoms with Gasteiger partial charge in [-0.1, -0.05) is 19.1 Å². The fraction of sp³-hybridized carbons (Fsp3) is 0.250. The second-order valence-electron chi connectivity index (χ2n) is 5.11. The summed E-state index contributed by atoms with van der Waals surface area (Å²) in [5.41, 5.74) is 4.03. The lowest BCUT2D eigenvalue weighted by Gasteiger charge is -2.04. The molecule has 0 aliphatic carbocycles. The lowest BCUT2D eigenvalue weighted by molar-refractivity contribution is 0.101. The third-order valence-electron chi connectivity index (χ3n) is 3.64. The number of nitrogens with zero attached hydrogens (tertiary/aromatic N) is 4. The van der Waals surface area contributed by atoms with Gasteiger partial charge in [0.1, 0.15) is 11.5 Å². The van der Waals surface area contributed by atoms with Crippen LogP contribution in [0.1, 0.15) is 35.7 Å². The van der Waals surface area contributed by atoms with Gasteiger partial charge in [-0.2, -0.15) is 5.10 Å². The molecule has 0 unspecified atom stereocenters. The van der Waals surface area contributed by atoms with Crippen molar-refractivity contribution in [1.82, 2.24) is 19.8 Å². The number of hydrogen-bond acceptors (Lipinski definition) is 4. The van der Waals surface area contributed by atoms with E-state index >= 15 is 0 Å². The number of fused-ring (bicyclic) bond motifs is 1. The molecule has 0 fully saturated rings. The minimum absolute atomic E-state index is 0.149. The van der Waals surface area contributed by atoms with E-state index in [4.69, 9.17) is 0 Å². The third kappa shape index (κ3) is 2.16. The molecule has 0 aliphatic rings. The first kappa shape index (κ1) is 14.3. The van der Waals surface area contributed by atoms with Crippen molar-refractivity contribution in [2.45, 2.75) is 27.2 Å². The van der Waals surface area contributed by atoms with Crippen LogP contribution in [0.2, 0.25) is 0 Å². The molecule has 3 rings (SSSR count). The Morgan fingerprint density at radius 3 is 2.50 bits per heavy atom. The Bertz CT molecular complexity index is 868. The molecule has 1 aromatic carbocycles. The van der Waals surface area contributed by atoms with Crippen LogP contribution >= 0.6 is 0 Å². The van der Waals surface area contributed by atoms with E-state index in [1.807, 2.05) is 6.92 Å². The van der Waals surface area contributed by atoms with E-state index in [2.05, 4.69) is 15.3 Å². The molecule has 0 bridgehead atoms. The summed E-state index contributed by atoms with van der Waals surface area (Å²) in [6, 6.07) is 6.20. The topological polar surface area (TPSA) is 60.2 Å². The zero-order chi connectivity index (χ0) is 15.9. The first-order valence-corrected chi connectivity index (χ1v) is 7.04. The van der Waals surface area contributed by atoms with Crippen molar-refractivity contribution in [1.29, 1.82) is 0 Å². The highest BCUT2D eigenvalue weighted by molar-refractivity contribution is 5.93. The Kier molecular flexibility index (Phi) is 3.44. The van der Waals surface area contributed by atoms with E-state index in [1.165, 1.54) is 19.1 Å². The van der Waals surface area contributed by atoms with E-state index in [9.17, 15) is 9.18 Å². The Labute approximate surface area is 126 Å². The number of ketones is 1. The van der Waals surface area contributed by atoms with E-state index in [1.54, 1.807) is 23.6 Å². The summed E-state index contributed by atoms with van der Waals surface area (Å²) in [5, 5.41) is 12.7. The number of rotatable bonds is 3. The molecule has 2 aromatic heterocycles. The molecule has 3 aromatic rings. The van der Waals surface area contributed by atoms with Crippen molar-refractivity contribution in [2.24, 2.45) is 0 Å². The highest BCUT2D eigenvalue weighted by Gasteiger charge is 2.19. The average molecular weight is 298 g/mol. The summed E-state index contributed by atoms with van der Waals surface area (Å²) in [5.74, 6) is -0.441. The van der Waals surface area contributed by atoms with Crippen molar-refractivity contribution in [3.8, 4) is 11.1 Å². The molecule has 112 valence electrons. The van der Waals surface area contributed by atoms with Crippen LogP contribution in [0, 0.1) is 12.7 Å². The molecular formula is C16H15FN4O. The normalized spacial score (nSPS) is 11.1. The van der Waals surface area contributed by atoms with E-state index in [-0.39, 0.29) is 11.6 Å². The molecule has 0 saturated carbocycles. The van der Waals surface area contributed by atoms with Crippen LogP contribution in [0.5, 0.6) is 0 Å². The Morgan fingerprint density at radius 2 is 1.91 bits per heavy atom. The van der Waals surface area contributed by atoms with Gasteiger partial charge in [0, 0.05) is 6.92 Å². The smallest absolute Gasteiger partial charge is 0.185 e. The monoisotopic (exact) mass is 298 g/mol. The van der Waals surface area contributed by atoms with Gasteiger partial charge in [0.15, 0.2) is 11.4 Å². The summed E-state index contributed by atoms with van der Waals surface area (Å²) < 4.78 is 14.8. The molecular weight excluding hydrogens is 283 g/mol. The number of carbonyl (C=O) groups excluding carboxylic acids is 1. The van der Waals surface area contributed by atoms with Gasteiger partial charge in [-0.25, -0.2) is 8.91 Å². The van der Waals surface area contributed by atoms with Crippen LogP contribution in [0.4, 0.5) is 4.39 Å². The Morgan fingerprint density at radius 1 is 1.23 bits per heavy atom. The first-order valence-electron chi connectivity index (χ1n) is 7.04. The Hall–Kier alpha value is -2.63. The number of Topliss-reactive ketones (excluding diaryl/α,β-unsaturated/α-hetero) is 1. The largest absolute Gasteiger partial charge is 0.293 e. The standard InChI is InChI=1S/C16H15FN4O/c1-4-13-14(11-5-7-12(17)8-6-11)16-19-18-15(10(3)22)9(2)21(16)20-13/h5-8H,4H2,1-3H3. The van der Waals surface area contributed by atoms with Crippen LogP contribution in [0.15, 0.2) is 24.3 Å². The SMILES string of the molecule is CCc1nn2c(C)c(C(C)=O)nnc2c1-c1ccc(F)cc1. The molecule has 0 spiro atoms. The fourth-order valence-corrected chi connectivity index (χ4v) is 2.53. The number of aromatic nitrogens is 4. The number of hydrogen-bond donors (Lipinski definition) is 0. The third-order valence-corrected chi connectivity index (χ3v) is 3.64. The van der Waals surface area contributed by atoms with Gasteiger partial charge in [0.25, 0.3) is 0 Å². The summed E-state index contributed by atoms with van der Waals surface area (Å²) in [7, 11) is 0. The van der Waals surface area contributed by atoms with Gasteiger partial charge >= 0.3 is 0 Å². The maximum absolute atomic E-state index is 13.1. The van der Waals surface area contributed by atoms with Crippen LogP contribution < -0.4 is 0 Å². The molecule has 0 N–H and O–H groups in total. The number of halogens is 1. The lowest BCUT2D eigenvalue weighted by Crippen LogP contribution is -2.09. The summed E-state index contributed by atoms with van der Waals surface area (Å²) in [4.78, 5) is 11.6. The van der Waals surface area contributed by atoms with E-state index in [0.29, 0.717) is 23.5 Å². The first-order chi connectivity index (χ1) is 10.5. The van der Waals surface area contributed by atoms with Gasteiger partial charge in [0.05, 0.1) is 17.0 Å². The Balaban J connectivity index is 2.32. The van der Waals surface area contributed by atoms with Gasteiger partial charge in [-0.05, 0) is 31.0 Å². The predicted octanol–water partition coefficient (Wildman–Crippen LogP) is 3.00. The zero-order valence-corrected chi connectivity index (χ0v) is 12.6. The molecule has 0 amide bonds. The molecule has 5 nitrogen and oxygen atoms in total. The molecule has 0 aliphatic heterocycles. The van der Waals surface area contributed by atoms with Crippen molar-refractivity contribution in [3.63, 3.8) is 0 Å². The van der Waals surface area contributed by atoms with Gasteiger partial charge in [-0.3, -0.25) is 4.79 Å². The highest BCUT2D eigenvalue weighted by Crippen LogP contribution is 2.28. The maximum atomic E-state index is 13.1. The highest BCUT2D eigenvalue weighted by atomic mass is 19.1. The van der Waals surface area contributed by atoms with Crippen molar-refractivity contribution in [2.75, 3.05) is 0 Å². The number of carbonyl (C=O) groups is 1.